The minimum atomic E-state index is -0.761. The zero-order valence-electron chi connectivity index (χ0n) is 40.4. The van der Waals surface area contributed by atoms with Gasteiger partial charge >= 0.3 is 17.9 Å². The summed E-state index contributed by atoms with van der Waals surface area (Å²) in [7, 11) is 0. The molecule has 6 heteroatoms. The number of unbranched alkanes of at least 4 members (excludes halogenated alkanes) is 32. The SMILES string of the molecule is CCCCCCCCCCCCCCC(=O)OC[C@@H](COC(=O)CCCCCCCCCCCCC(C)C)OC(=O)CCCCCCCCCCCCCCCC(C)C. The predicted molar refractivity (Wildman–Crippen MR) is 252 cm³/mol. The minimum absolute atomic E-state index is 0.0635. The van der Waals surface area contributed by atoms with Gasteiger partial charge in [-0.2, -0.15) is 0 Å². The summed E-state index contributed by atoms with van der Waals surface area (Å²) in [5.41, 5.74) is 0. The number of carbonyl (C=O) groups is 3. The summed E-state index contributed by atoms with van der Waals surface area (Å²) in [6.45, 7) is 11.4. The highest BCUT2D eigenvalue weighted by Gasteiger charge is 2.19. The maximum absolute atomic E-state index is 12.8. The topological polar surface area (TPSA) is 78.9 Å². The summed E-state index contributed by atoms with van der Waals surface area (Å²) in [6.07, 6.45) is 46.6. The highest BCUT2D eigenvalue weighted by molar-refractivity contribution is 5.71. The van der Waals surface area contributed by atoms with E-state index in [2.05, 4.69) is 34.6 Å². The molecule has 0 spiro atoms. The summed E-state index contributed by atoms with van der Waals surface area (Å²) in [5.74, 6) is 0.810. The van der Waals surface area contributed by atoms with Crippen LogP contribution in [0, 0.1) is 11.8 Å². The average Bonchev–Trinajstić information content (AvgIpc) is 3.20. The third kappa shape index (κ3) is 47.3. The minimum Gasteiger partial charge on any atom is -0.462 e. The second-order valence-electron chi connectivity index (χ2n) is 19.1. The quantitative estimate of drug-likeness (QED) is 0.0345. The molecule has 0 aromatic carbocycles. The van der Waals surface area contributed by atoms with E-state index < -0.39 is 6.10 Å². The summed E-state index contributed by atoms with van der Waals surface area (Å²) in [4.78, 5) is 37.9. The van der Waals surface area contributed by atoms with Crippen molar-refractivity contribution in [3.05, 3.63) is 0 Å². The molecule has 0 fully saturated rings. The molecular weight excluding hydrogens is 733 g/mol. The Labute approximate surface area is 368 Å². The van der Waals surface area contributed by atoms with Crippen LogP contribution in [0.2, 0.25) is 0 Å². The van der Waals surface area contributed by atoms with Gasteiger partial charge in [-0.3, -0.25) is 14.4 Å². The first-order valence-electron chi connectivity index (χ1n) is 26.2. The third-order valence-corrected chi connectivity index (χ3v) is 12.0. The van der Waals surface area contributed by atoms with E-state index in [9.17, 15) is 14.4 Å². The van der Waals surface area contributed by atoms with E-state index in [0.717, 1.165) is 69.6 Å². The van der Waals surface area contributed by atoms with Crippen LogP contribution in [-0.4, -0.2) is 37.2 Å². The first-order chi connectivity index (χ1) is 28.7. The summed E-state index contributed by atoms with van der Waals surface area (Å²) in [6, 6.07) is 0. The Bertz CT molecular complexity index is 900. The fraction of sp³-hybridized carbons (Fsp3) is 0.943. The van der Waals surface area contributed by atoms with E-state index in [0.29, 0.717) is 19.3 Å². The van der Waals surface area contributed by atoms with Crippen molar-refractivity contribution in [1.82, 2.24) is 0 Å². The maximum Gasteiger partial charge on any atom is 0.306 e. The van der Waals surface area contributed by atoms with Crippen LogP contribution in [-0.2, 0) is 28.6 Å². The van der Waals surface area contributed by atoms with Gasteiger partial charge in [0.05, 0.1) is 0 Å². The lowest BCUT2D eigenvalue weighted by Gasteiger charge is -2.18. The predicted octanol–water partition coefficient (Wildman–Crippen LogP) is 16.9. The summed E-state index contributed by atoms with van der Waals surface area (Å²) >= 11 is 0. The average molecular weight is 835 g/mol. The smallest absolute Gasteiger partial charge is 0.306 e. The van der Waals surface area contributed by atoms with Crippen LogP contribution in [0.1, 0.15) is 291 Å². The first-order valence-corrected chi connectivity index (χ1v) is 26.2. The van der Waals surface area contributed by atoms with Gasteiger partial charge in [-0.1, -0.05) is 253 Å². The zero-order chi connectivity index (χ0) is 43.3. The van der Waals surface area contributed by atoms with Crippen molar-refractivity contribution in [2.75, 3.05) is 13.2 Å². The molecule has 0 aromatic heterocycles. The molecule has 0 amide bonds. The molecule has 0 aromatic rings. The molecular formula is C53H102O6. The Morgan fingerprint density at radius 3 is 0.831 bits per heavy atom. The van der Waals surface area contributed by atoms with Crippen LogP contribution in [0.5, 0.6) is 0 Å². The van der Waals surface area contributed by atoms with Gasteiger partial charge in [0.1, 0.15) is 13.2 Å². The van der Waals surface area contributed by atoms with E-state index in [1.165, 1.54) is 180 Å². The third-order valence-electron chi connectivity index (χ3n) is 12.0. The fourth-order valence-corrected chi connectivity index (χ4v) is 7.99. The lowest BCUT2D eigenvalue weighted by atomic mass is 10.0. The van der Waals surface area contributed by atoms with E-state index in [1.807, 2.05) is 0 Å². The van der Waals surface area contributed by atoms with Gasteiger partial charge in [-0.25, -0.2) is 0 Å². The molecule has 59 heavy (non-hydrogen) atoms. The van der Waals surface area contributed by atoms with Crippen molar-refractivity contribution < 1.29 is 28.6 Å². The van der Waals surface area contributed by atoms with E-state index in [-0.39, 0.29) is 31.1 Å². The molecule has 6 nitrogen and oxygen atoms in total. The highest BCUT2D eigenvalue weighted by Crippen LogP contribution is 2.17. The van der Waals surface area contributed by atoms with Crippen molar-refractivity contribution >= 4 is 17.9 Å². The van der Waals surface area contributed by atoms with Gasteiger partial charge in [-0.15, -0.1) is 0 Å². The van der Waals surface area contributed by atoms with Crippen molar-refractivity contribution in [3.8, 4) is 0 Å². The first kappa shape index (κ1) is 57.4. The molecule has 0 saturated heterocycles. The molecule has 1 atom stereocenters. The molecule has 0 unspecified atom stereocenters. The molecule has 0 radical (unpaired) electrons. The van der Waals surface area contributed by atoms with Crippen LogP contribution in [0.25, 0.3) is 0 Å². The Hall–Kier alpha value is -1.59. The summed E-state index contributed by atoms with van der Waals surface area (Å²) in [5, 5.41) is 0. The lowest BCUT2D eigenvalue weighted by molar-refractivity contribution is -0.167. The van der Waals surface area contributed by atoms with Gasteiger partial charge in [0.25, 0.3) is 0 Å². The van der Waals surface area contributed by atoms with Crippen LogP contribution in [0.4, 0.5) is 0 Å². The number of esters is 3. The van der Waals surface area contributed by atoms with Gasteiger partial charge in [-0.05, 0) is 31.1 Å². The second kappa shape index (κ2) is 45.9. The van der Waals surface area contributed by atoms with Gasteiger partial charge in [0.2, 0.25) is 0 Å². The maximum atomic E-state index is 12.8. The van der Waals surface area contributed by atoms with Gasteiger partial charge in [0.15, 0.2) is 6.10 Å². The number of hydrogen-bond donors (Lipinski definition) is 0. The van der Waals surface area contributed by atoms with E-state index in [1.54, 1.807) is 0 Å². The molecule has 350 valence electrons. The largest absolute Gasteiger partial charge is 0.462 e. The molecule has 0 saturated carbocycles. The highest BCUT2D eigenvalue weighted by atomic mass is 16.6. The Balaban J connectivity index is 4.31. The van der Waals surface area contributed by atoms with Crippen LogP contribution < -0.4 is 0 Å². The molecule has 0 aliphatic carbocycles. The number of ether oxygens (including phenoxy) is 3. The molecule has 0 bridgehead atoms. The standard InChI is InChI=1S/C53H102O6/c1-6-7-8-9-10-11-12-17-23-28-33-38-43-51(54)57-46-50(47-58-52(55)44-39-34-29-24-20-19-22-27-32-37-42-49(4)5)59-53(56)45-40-35-30-25-18-15-13-14-16-21-26-31-36-41-48(2)3/h48-50H,6-47H2,1-5H3/t50-/m0/s1. The number of rotatable bonds is 47. The van der Waals surface area contributed by atoms with E-state index >= 15 is 0 Å². The Morgan fingerprint density at radius 1 is 0.322 bits per heavy atom. The molecule has 0 aliphatic heterocycles. The molecule has 0 N–H and O–H groups in total. The Morgan fingerprint density at radius 2 is 0.559 bits per heavy atom. The molecule has 0 rings (SSSR count). The number of carbonyl (C=O) groups excluding carboxylic acids is 3. The van der Waals surface area contributed by atoms with Crippen molar-refractivity contribution in [3.63, 3.8) is 0 Å². The Kier molecular flexibility index (Phi) is 44.7. The van der Waals surface area contributed by atoms with Crippen molar-refractivity contribution in [2.24, 2.45) is 11.8 Å². The van der Waals surface area contributed by atoms with Crippen molar-refractivity contribution in [2.45, 2.75) is 298 Å². The number of hydrogen-bond acceptors (Lipinski definition) is 6. The second-order valence-corrected chi connectivity index (χ2v) is 19.1. The summed E-state index contributed by atoms with van der Waals surface area (Å²) < 4.78 is 16.8. The van der Waals surface area contributed by atoms with Crippen LogP contribution in [0.3, 0.4) is 0 Å². The normalized spacial score (nSPS) is 12.1. The zero-order valence-corrected chi connectivity index (χ0v) is 40.4. The fourth-order valence-electron chi connectivity index (χ4n) is 7.99. The van der Waals surface area contributed by atoms with Crippen molar-refractivity contribution in [1.29, 1.82) is 0 Å². The van der Waals surface area contributed by atoms with Gasteiger partial charge < -0.3 is 14.2 Å². The van der Waals surface area contributed by atoms with E-state index in [4.69, 9.17) is 14.2 Å². The molecule has 0 heterocycles. The monoisotopic (exact) mass is 835 g/mol. The lowest BCUT2D eigenvalue weighted by Crippen LogP contribution is -2.30. The van der Waals surface area contributed by atoms with Gasteiger partial charge in [0, 0.05) is 19.3 Å². The molecule has 0 aliphatic rings. The van der Waals surface area contributed by atoms with Crippen LogP contribution in [0.15, 0.2) is 0 Å². The van der Waals surface area contributed by atoms with Crippen LogP contribution >= 0.6 is 0 Å².